The fraction of sp³-hybridized carbons (Fsp3) is 0.636. The minimum atomic E-state index is 0.370. The van der Waals surface area contributed by atoms with Gasteiger partial charge in [-0.1, -0.05) is 18.5 Å². The molecule has 1 aliphatic carbocycles. The van der Waals surface area contributed by atoms with Gasteiger partial charge >= 0.3 is 0 Å². The van der Waals surface area contributed by atoms with Crippen LogP contribution in [0.3, 0.4) is 0 Å². The van der Waals surface area contributed by atoms with Crippen LogP contribution in [0, 0.1) is 11.3 Å². The Morgan fingerprint density at radius 3 is 2.64 bits per heavy atom. The van der Waals surface area contributed by atoms with Crippen molar-refractivity contribution in [3.8, 4) is 0 Å². The van der Waals surface area contributed by atoms with Gasteiger partial charge in [0.25, 0.3) is 0 Å². The largest absolute Gasteiger partial charge is 0.128 e. The molecule has 78 valence electrons. The van der Waals surface area contributed by atoms with E-state index < -0.39 is 0 Å². The van der Waals surface area contributed by atoms with Gasteiger partial charge in [0, 0.05) is 10.8 Å². The van der Waals surface area contributed by atoms with Gasteiger partial charge in [-0.05, 0) is 42.7 Å². The molecule has 1 aliphatic rings. The molecular formula is C11H14Cl2S. The average Bonchev–Trinajstić information content (AvgIpc) is 2.48. The smallest absolute Gasteiger partial charge is 0.0931 e. The first-order valence-electron chi connectivity index (χ1n) is 4.94. The summed E-state index contributed by atoms with van der Waals surface area (Å²) in [6.45, 7) is 2.30. The maximum atomic E-state index is 6.05. The quantitative estimate of drug-likeness (QED) is 0.687. The van der Waals surface area contributed by atoms with Gasteiger partial charge < -0.3 is 0 Å². The van der Waals surface area contributed by atoms with Gasteiger partial charge in [0.05, 0.1) is 4.34 Å². The molecule has 0 spiro atoms. The topological polar surface area (TPSA) is 0 Å². The third-order valence-corrected chi connectivity index (χ3v) is 4.82. The molecule has 0 N–H and O–H groups in total. The molecule has 1 saturated carbocycles. The van der Waals surface area contributed by atoms with Crippen molar-refractivity contribution in [3.05, 3.63) is 21.3 Å². The van der Waals surface area contributed by atoms with Crippen LogP contribution in [0.2, 0.25) is 4.34 Å². The highest BCUT2D eigenvalue weighted by atomic mass is 35.5. The van der Waals surface area contributed by atoms with Crippen LogP contribution >= 0.6 is 34.5 Å². The van der Waals surface area contributed by atoms with Crippen LogP contribution in [0.5, 0.6) is 0 Å². The SMILES string of the molecule is CC1CC(CCl)(Cc2ccc(Cl)s2)C1. The van der Waals surface area contributed by atoms with E-state index in [-0.39, 0.29) is 0 Å². The van der Waals surface area contributed by atoms with Crippen LogP contribution in [-0.2, 0) is 6.42 Å². The van der Waals surface area contributed by atoms with Gasteiger partial charge in [0.15, 0.2) is 0 Å². The minimum absolute atomic E-state index is 0.370. The van der Waals surface area contributed by atoms with Crippen LogP contribution in [0.15, 0.2) is 12.1 Å². The van der Waals surface area contributed by atoms with Gasteiger partial charge in [-0.3, -0.25) is 0 Å². The van der Waals surface area contributed by atoms with Gasteiger partial charge in [-0.25, -0.2) is 0 Å². The molecule has 3 heteroatoms. The maximum absolute atomic E-state index is 6.05. The molecule has 2 rings (SSSR count). The first kappa shape index (κ1) is 10.8. The summed E-state index contributed by atoms with van der Waals surface area (Å²) >= 11 is 13.6. The Balaban J connectivity index is 2.02. The summed E-state index contributed by atoms with van der Waals surface area (Å²) in [6, 6.07) is 4.11. The normalized spacial score (nSPS) is 31.5. The molecule has 0 aliphatic heterocycles. The van der Waals surface area contributed by atoms with Crippen molar-refractivity contribution >= 4 is 34.5 Å². The van der Waals surface area contributed by atoms with Gasteiger partial charge in [-0.2, -0.15) is 0 Å². The first-order chi connectivity index (χ1) is 6.63. The van der Waals surface area contributed by atoms with Crippen molar-refractivity contribution < 1.29 is 0 Å². The number of rotatable bonds is 3. The number of halogens is 2. The van der Waals surface area contributed by atoms with E-state index in [0.29, 0.717) is 5.41 Å². The molecule has 0 amide bonds. The lowest BCUT2D eigenvalue weighted by atomic mass is 9.62. The zero-order valence-electron chi connectivity index (χ0n) is 8.22. The highest BCUT2D eigenvalue weighted by molar-refractivity contribution is 7.16. The monoisotopic (exact) mass is 248 g/mol. The third-order valence-electron chi connectivity index (χ3n) is 3.02. The molecule has 1 heterocycles. The minimum Gasteiger partial charge on any atom is -0.128 e. The van der Waals surface area contributed by atoms with E-state index in [1.165, 1.54) is 17.7 Å². The summed E-state index contributed by atoms with van der Waals surface area (Å²) in [5.41, 5.74) is 0.370. The fourth-order valence-electron chi connectivity index (χ4n) is 2.54. The predicted octanol–water partition coefficient (Wildman–Crippen LogP) is 4.60. The standard InChI is InChI=1S/C11H14Cl2S/c1-8-4-11(5-8,7-12)6-9-2-3-10(13)14-9/h2-3,8H,4-7H2,1H3. The zero-order valence-corrected chi connectivity index (χ0v) is 10.6. The van der Waals surface area contributed by atoms with Crippen LogP contribution in [-0.4, -0.2) is 5.88 Å². The van der Waals surface area contributed by atoms with Gasteiger partial charge in [-0.15, -0.1) is 22.9 Å². The van der Waals surface area contributed by atoms with E-state index >= 15 is 0 Å². The van der Waals surface area contributed by atoms with Gasteiger partial charge in [0.2, 0.25) is 0 Å². The first-order valence-corrected chi connectivity index (χ1v) is 6.67. The van der Waals surface area contributed by atoms with Crippen LogP contribution in [0.4, 0.5) is 0 Å². The zero-order chi connectivity index (χ0) is 10.2. The molecule has 0 nitrogen and oxygen atoms in total. The van der Waals surface area contributed by atoms with E-state index in [9.17, 15) is 0 Å². The van der Waals surface area contributed by atoms with Crippen molar-refractivity contribution in [2.24, 2.45) is 11.3 Å². The Labute approximate surface area is 99.2 Å². The maximum Gasteiger partial charge on any atom is 0.0931 e. The van der Waals surface area contributed by atoms with Crippen molar-refractivity contribution in [2.45, 2.75) is 26.2 Å². The molecule has 1 fully saturated rings. The van der Waals surface area contributed by atoms with Crippen molar-refractivity contribution in [2.75, 3.05) is 5.88 Å². The van der Waals surface area contributed by atoms with E-state index in [1.807, 2.05) is 6.07 Å². The Hall–Kier alpha value is 0.280. The summed E-state index contributed by atoms with van der Waals surface area (Å²) in [4.78, 5) is 1.38. The summed E-state index contributed by atoms with van der Waals surface area (Å²) in [5.74, 6) is 1.64. The fourth-order valence-corrected chi connectivity index (χ4v) is 4.11. The lowest BCUT2D eigenvalue weighted by Crippen LogP contribution is -2.39. The molecule has 0 atom stereocenters. The average molecular weight is 249 g/mol. The summed E-state index contributed by atoms with van der Waals surface area (Å²) in [7, 11) is 0. The van der Waals surface area contributed by atoms with Crippen LogP contribution in [0.1, 0.15) is 24.6 Å². The summed E-state index contributed by atoms with van der Waals surface area (Å²) in [6.07, 6.45) is 3.65. The van der Waals surface area contributed by atoms with Crippen LogP contribution < -0.4 is 0 Å². The van der Waals surface area contributed by atoms with Crippen molar-refractivity contribution in [1.29, 1.82) is 0 Å². The molecule has 1 aromatic heterocycles. The second-order valence-corrected chi connectivity index (χ2v) is 6.60. The molecule has 14 heavy (non-hydrogen) atoms. The van der Waals surface area contributed by atoms with Crippen molar-refractivity contribution in [3.63, 3.8) is 0 Å². The second-order valence-electron chi connectivity index (χ2n) is 4.53. The molecule has 1 aromatic rings. The van der Waals surface area contributed by atoms with E-state index in [0.717, 1.165) is 22.6 Å². The van der Waals surface area contributed by atoms with E-state index in [4.69, 9.17) is 23.2 Å². The molecule has 0 unspecified atom stereocenters. The molecule has 0 radical (unpaired) electrons. The van der Waals surface area contributed by atoms with E-state index in [1.54, 1.807) is 11.3 Å². The Bertz CT molecular complexity index is 313. The Morgan fingerprint density at radius 1 is 1.50 bits per heavy atom. The lowest BCUT2D eigenvalue weighted by molar-refractivity contribution is 0.0935. The number of thiophene rings is 1. The highest BCUT2D eigenvalue weighted by Gasteiger charge is 2.41. The number of hydrogen-bond acceptors (Lipinski definition) is 1. The lowest BCUT2D eigenvalue weighted by Gasteiger charge is -2.45. The molecule has 0 bridgehead atoms. The Kier molecular flexibility index (Phi) is 3.11. The highest BCUT2D eigenvalue weighted by Crippen LogP contribution is 2.49. The predicted molar refractivity (Wildman–Crippen MR) is 64.6 cm³/mol. The summed E-state index contributed by atoms with van der Waals surface area (Å²) < 4.78 is 0.886. The Morgan fingerprint density at radius 2 is 2.21 bits per heavy atom. The van der Waals surface area contributed by atoms with Crippen molar-refractivity contribution in [1.82, 2.24) is 0 Å². The van der Waals surface area contributed by atoms with Gasteiger partial charge in [0.1, 0.15) is 0 Å². The molecular weight excluding hydrogens is 235 g/mol. The van der Waals surface area contributed by atoms with Crippen LogP contribution in [0.25, 0.3) is 0 Å². The summed E-state index contributed by atoms with van der Waals surface area (Å²) in [5, 5.41) is 0. The number of hydrogen-bond donors (Lipinski definition) is 0. The molecule has 0 aromatic carbocycles. The van der Waals surface area contributed by atoms with E-state index in [2.05, 4.69) is 13.0 Å². The molecule has 0 saturated heterocycles. The third kappa shape index (κ3) is 2.10. The second kappa shape index (κ2) is 4.03. The number of alkyl halides is 1.